The first-order valence-corrected chi connectivity index (χ1v) is 7.64. The number of hydrogen-bond acceptors (Lipinski definition) is 3. The van der Waals surface area contributed by atoms with Crippen molar-refractivity contribution in [2.45, 2.75) is 45.7 Å². The van der Waals surface area contributed by atoms with E-state index in [0.29, 0.717) is 11.8 Å². The summed E-state index contributed by atoms with van der Waals surface area (Å²) >= 11 is 0. The molecule has 0 saturated carbocycles. The molecule has 108 valence electrons. The van der Waals surface area contributed by atoms with Gasteiger partial charge in [-0.25, -0.2) is 4.98 Å². The van der Waals surface area contributed by atoms with Gasteiger partial charge in [0.2, 0.25) is 0 Å². The third kappa shape index (κ3) is 2.18. The van der Waals surface area contributed by atoms with Gasteiger partial charge in [-0.2, -0.15) is 0 Å². The third-order valence-electron chi connectivity index (χ3n) is 4.23. The van der Waals surface area contributed by atoms with E-state index in [9.17, 15) is 5.11 Å². The summed E-state index contributed by atoms with van der Waals surface area (Å²) in [6.45, 7) is 7.78. The van der Waals surface area contributed by atoms with E-state index in [0.717, 1.165) is 37.1 Å². The lowest BCUT2D eigenvalue weighted by Gasteiger charge is -2.34. The second-order valence-corrected chi connectivity index (χ2v) is 5.73. The van der Waals surface area contributed by atoms with Gasteiger partial charge in [0.05, 0.1) is 11.8 Å². The number of aromatic nitrogens is 2. The Hall–Kier alpha value is -1.55. The third-order valence-corrected chi connectivity index (χ3v) is 4.23. The Morgan fingerprint density at radius 2 is 2.05 bits per heavy atom. The Bertz CT molecular complexity index is 599. The molecule has 1 N–H and O–H groups in total. The molecule has 0 amide bonds. The number of nitrogens with zero attached hydrogens (tertiary/aromatic N) is 3. The first kappa shape index (κ1) is 13.4. The molecular formula is C16H23N3O. The molecule has 0 fully saturated rings. The zero-order valence-electron chi connectivity index (χ0n) is 12.3. The van der Waals surface area contributed by atoms with Crippen LogP contribution in [-0.2, 0) is 13.0 Å². The van der Waals surface area contributed by atoms with E-state index in [1.165, 1.54) is 18.4 Å². The van der Waals surface area contributed by atoms with E-state index < -0.39 is 0 Å². The fraction of sp³-hybridized carbons (Fsp3) is 0.562. The topological polar surface area (TPSA) is 41.3 Å². The Kier molecular flexibility index (Phi) is 3.66. The van der Waals surface area contributed by atoms with E-state index in [1.54, 1.807) is 6.07 Å². The van der Waals surface area contributed by atoms with Crippen molar-refractivity contribution >= 4 is 11.0 Å². The quantitative estimate of drug-likeness (QED) is 0.910. The molecule has 2 heterocycles. The van der Waals surface area contributed by atoms with Gasteiger partial charge in [0, 0.05) is 12.6 Å². The van der Waals surface area contributed by atoms with Crippen LogP contribution in [0.3, 0.4) is 0 Å². The highest BCUT2D eigenvalue weighted by molar-refractivity contribution is 5.85. The van der Waals surface area contributed by atoms with Gasteiger partial charge in [-0.3, -0.25) is 4.90 Å². The molecule has 0 bridgehead atoms. The summed E-state index contributed by atoms with van der Waals surface area (Å²) in [4.78, 5) is 6.97. The maximum atomic E-state index is 9.89. The normalized spacial score (nSPS) is 18.1. The van der Waals surface area contributed by atoms with Crippen molar-refractivity contribution in [2.24, 2.45) is 0 Å². The first-order valence-electron chi connectivity index (χ1n) is 7.64. The fourth-order valence-electron chi connectivity index (χ4n) is 3.39. The van der Waals surface area contributed by atoms with Gasteiger partial charge in [-0.05, 0) is 44.0 Å². The van der Waals surface area contributed by atoms with Crippen LogP contribution in [-0.4, -0.2) is 38.7 Å². The summed E-state index contributed by atoms with van der Waals surface area (Å²) in [5.74, 6) is 0.292. The van der Waals surface area contributed by atoms with Crippen molar-refractivity contribution < 1.29 is 5.11 Å². The smallest absolute Gasteiger partial charge is 0.143 e. The summed E-state index contributed by atoms with van der Waals surface area (Å²) in [7, 11) is 0. The predicted molar refractivity (Wildman–Crippen MR) is 81.0 cm³/mol. The molecule has 0 aliphatic carbocycles. The number of phenolic OH excluding ortho intramolecular Hbond substituents is 1. The van der Waals surface area contributed by atoms with Crippen molar-refractivity contribution in [1.82, 2.24) is 14.5 Å². The minimum absolute atomic E-state index is 0.292. The number of rotatable bonds is 5. The van der Waals surface area contributed by atoms with E-state index in [4.69, 9.17) is 0 Å². The van der Waals surface area contributed by atoms with Crippen molar-refractivity contribution in [3.8, 4) is 5.75 Å². The van der Waals surface area contributed by atoms with Crippen LogP contribution in [0, 0.1) is 0 Å². The number of imidazole rings is 1. The maximum absolute atomic E-state index is 9.89. The molecule has 1 aliphatic heterocycles. The van der Waals surface area contributed by atoms with Crippen molar-refractivity contribution in [3.63, 3.8) is 0 Å². The minimum Gasteiger partial charge on any atom is -0.506 e. The van der Waals surface area contributed by atoms with E-state index in [2.05, 4.69) is 34.4 Å². The summed E-state index contributed by atoms with van der Waals surface area (Å²) in [5, 5.41) is 9.89. The minimum atomic E-state index is 0.292. The number of aromatic hydroxyl groups is 1. The molecule has 1 aromatic carbocycles. The largest absolute Gasteiger partial charge is 0.506 e. The zero-order valence-corrected chi connectivity index (χ0v) is 12.3. The number of phenols is 1. The van der Waals surface area contributed by atoms with Gasteiger partial charge >= 0.3 is 0 Å². The van der Waals surface area contributed by atoms with Crippen molar-refractivity contribution in [3.05, 3.63) is 24.0 Å². The second kappa shape index (κ2) is 5.44. The van der Waals surface area contributed by atoms with E-state index in [1.807, 2.05) is 6.33 Å². The molecule has 0 radical (unpaired) electrons. The van der Waals surface area contributed by atoms with E-state index >= 15 is 0 Å². The highest BCUT2D eigenvalue weighted by Gasteiger charge is 2.26. The van der Waals surface area contributed by atoms with Crippen molar-refractivity contribution in [2.75, 3.05) is 13.1 Å². The van der Waals surface area contributed by atoms with Gasteiger partial charge in [0.1, 0.15) is 11.3 Å². The van der Waals surface area contributed by atoms with Crippen LogP contribution < -0.4 is 0 Å². The second-order valence-electron chi connectivity index (χ2n) is 5.73. The molecule has 0 saturated heterocycles. The Labute approximate surface area is 120 Å². The fourth-order valence-corrected chi connectivity index (χ4v) is 3.39. The van der Waals surface area contributed by atoms with Crippen LogP contribution in [0.5, 0.6) is 5.75 Å². The summed E-state index contributed by atoms with van der Waals surface area (Å²) in [6.07, 6.45) is 5.31. The Morgan fingerprint density at radius 1 is 1.30 bits per heavy atom. The van der Waals surface area contributed by atoms with Crippen LogP contribution in [0.2, 0.25) is 0 Å². The lowest BCUT2D eigenvalue weighted by Crippen LogP contribution is -2.42. The molecular weight excluding hydrogens is 250 g/mol. The Morgan fingerprint density at radius 3 is 2.75 bits per heavy atom. The Balaban J connectivity index is 1.92. The molecule has 4 heteroatoms. The highest BCUT2D eigenvalue weighted by atomic mass is 16.3. The molecule has 1 aromatic heterocycles. The highest BCUT2D eigenvalue weighted by Crippen LogP contribution is 2.31. The zero-order chi connectivity index (χ0) is 14.1. The van der Waals surface area contributed by atoms with E-state index in [-0.39, 0.29) is 0 Å². The molecule has 20 heavy (non-hydrogen) atoms. The van der Waals surface area contributed by atoms with Gasteiger partial charge in [0.25, 0.3) is 0 Å². The molecule has 1 atom stereocenters. The number of hydrogen-bond donors (Lipinski definition) is 1. The molecule has 1 aliphatic rings. The van der Waals surface area contributed by atoms with Crippen LogP contribution in [0.25, 0.3) is 11.0 Å². The average Bonchev–Trinajstić information content (AvgIpc) is 2.88. The van der Waals surface area contributed by atoms with Crippen LogP contribution in [0.4, 0.5) is 0 Å². The van der Waals surface area contributed by atoms with Gasteiger partial charge in [0.15, 0.2) is 0 Å². The first-order chi connectivity index (χ1) is 9.74. The van der Waals surface area contributed by atoms with Crippen molar-refractivity contribution in [1.29, 1.82) is 0 Å². The standard InChI is InChI=1S/C16H23N3O/c1-3-7-18(8-4-2)13-9-12-5-6-14(20)15-16(12)19(10-13)11-17-15/h5-6,11,13,20H,3-4,7-10H2,1-2H3. The lowest BCUT2D eigenvalue weighted by molar-refractivity contribution is 0.174. The molecule has 4 nitrogen and oxygen atoms in total. The monoisotopic (exact) mass is 273 g/mol. The van der Waals surface area contributed by atoms with Gasteiger partial charge in [-0.1, -0.05) is 19.9 Å². The molecule has 1 unspecified atom stereocenters. The molecule has 3 rings (SSSR count). The summed E-state index contributed by atoms with van der Waals surface area (Å²) in [6, 6.07) is 4.38. The maximum Gasteiger partial charge on any atom is 0.143 e. The predicted octanol–water partition coefficient (Wildman–Crippen LogP) is 2.79. The van der Waals surface area contributed by atoms with Crippen LogP contribution in [0.1, 0.15) is 32.3 Å². The summed E-state index contributed by atoms with van der Waals surface area (Å²) in [5.41, 5.74) is 3.18. The summed E-state index contributed by atoms with van der Waals surface area (Å²) < 4.78 is 2.21. The van der Waals surface area contributed by atoms with Crippen LogP contribution >= 0.6 is 0 Å². The number of benzene rings is 1. The average molecular weight is 273 g/mol. The molecule has 0 spiro atoms. The molecule has 2 aromatic rings. The van der Waals surface area contributed by atoms with Crippen LogP contribution in [0.15, 0.2) is 18.5 Å². The van der Waals surface area contributed by atoms with Gasteiger partial charge in [-0.15, -0.1) is 0 Å². The lowest BCUT2D eigenvalue weighted by atomic mass is 9.98. The SMILES string of the molecule is CCCN(CCC)C1Cc2ccc(O)c3ncn(c23)C1. The van der Waals surface area contributed by atoms with Gasteiger partial charge < -0.3 is 9.67 Å².